The van der Waals surface area contributed by atoms with E-state index in [0.29, 0.717) is 11.6 Å². The van der Waals surface area contributed by atoms with Crippen molar-refractivity contribution < 1.29 is 4.74 Å². The van der Waals surface area contributed by atoms with Gasteiger partial charge in [-0.25, -0.2) is 0 Å². The lowest BCUT2D eigenvalue weighted by molar-refractivity contribution is 0.293. The molecule has 0 N–H and O–H groups in total. The summed E-state index contributed by atoms with van der Waals surface area (Å²) in [6, 6.07) is 25.5. The maximum absolute atomic E-state index is 6.03. The summed E-state index contributed by atoms with van der Waals surface area (Å²) in [6.07, 6.45) is 0. The zero-order valence-electron chi connectivity index (χ0n) is 14.8. The van der Waals surface area contributed by atoms with Gasteiger partial charge in [0.15, 0.2) is 11.6 Å². The summed E-state index contributed by atoms with van der Waals surface area (Å²) >= 11 is 6.03. The second kappa shape index (κ2) is 7.64. The van der Waals surface area contributed by atoms with E-state index in [2.05, 4.69) is 41.4 Å². The van der Waals surface area contributed by atoms with Crippen molar-refractivity contribution in [2.75, 3.05) is 0 Å². The molecule has 0 spiro atoms. The van der Waals surface area contributed by atoms with Crippen molar-refractivity contribution in [1.29, 1.82) is 0 Å². The number of aromatic nitrogens is 3. The molecule has 0 saturated carbocycles. The molecule has 0 radical (unpaired) electrons. The Balaban J connectivity index is 1.74. The van der Waals surface area contributed by atoms with Crippen molar-refractivity contribution in [3.63, 3.8) is 0 Å². The van der Waals surface area contributed by atoms with E-state index in [9.17, 15) is 0 Å². The predicted octanol–water partition coefficient (Wildman–Crippen LogP) is 5.48. The van der Waals surface area contributed by atoms with E-state index in [-0.39, 0.29) is 0 Å². The maximum Gasteiger partial charge on any atom is 0.175 e. The van der Waals surface area contributed by atoms with Gasteiger partial charge in [-0.15, -0.1) is 10.2 Å². The van der Waals surface area contributed by atoms with Crippen molar-refractivity contribution in [2.24, 2.45) is 0 Å². The number of ether oxygens (including phenoxy) is 1. The fourth-order valence-electron chi connectivity index (χ4n) is 2.83. The van der Waals surface area contributed by atoms with Crippen molar-refractivity contribution >= 4 is 11.6 Å². The summed E-state index contributed by atoms with van der Waals surface area (Å²) in [5.41, 5.74) is 3.13. The molecule has 0 atom stereocenters. The van der Waals surface area contributed by atoms with Gasteiger partial charge in [-0.1, -0.05) is 47.5 Å². The van der Waals surface area contributed by atoms with Crippen LogP contribution in [0.2, 0.25) is 5.02 Å². The number of aryl methyl sites for hydroxylation is 1. The maximum atomic E-state index is 6.03. The zero-order chi connectivity index (χ0) is 18.6. The van der Waals surface area contributed by atoms with Crippen molar-refractivity contribution in [2.45, 2.75) is 13.5 Å². The number of para-hydroxylation sites is 1. The average Bonchev–Trinajstić information content (AvgIpc) is 3.12. The Bertz CT molecular complexity index is 1030. The van der Waals surface area contributed by atoms with Gasteiger partial charge in [0.05, 0.1) is 0 Å². The van der Waals surface area contributed by atoms with Crippen LogP contribution in [0.25, 0.3) is 17.1 Å². The van der Waals surface area contributed by atoms with Crippen LogP contribution in [0, 0.1) is 6.92 Å². The second-order valence-corrected chi connectivity index (χ2v) is 6.66. The van der Waals surface area contributed by atoms with Gasteiger partial charge >= 0.3 is 0 Å². The topological polar surface area (TPSA) is 39.9 Å². The Labute approximate surface area is 163 Å². The van der Waals surface area contributed by atoms with Crippen LogP contribution in [-0.4, -0.2) is 14.8 Å². The third-order valence-corrected chi connectivity index (χ3v) is 4.49. The third-order valence-electron chi connectivity index (χ3n) is 4.24. The number of rotatable bonds is 5. The molecule has 0 fully saturated rings. The van der Waals surface area contributed by atoms with Crippen molar-refractivity contribution in [1.82, 2.24) is 14.8 Å². The van der Waals surface area contributed by atoms with Crippen molar-refractivity contribution in [3.8, 4) is 22.8 Å². The molecule has 0 aliphatic carbocycles. The molecule has 0 aliphatic heterocycles. The molecule has 1 aromatic heterocycles. The molecule has 4 aromatic rings. The highest BCUT2D eigenvalue weighted by Gasteiger charge is 2.16. The van der Waals surface area contributed by atoms with Gasteiger partial charge in [0.2, 0.25) is 0 Å². The lowest BCUT2D eigenvalue weighted by Gasteiger charge is -2.12. The largest absolute Gasteiger partial charge is 0.486 e. The Morgan fingerprint density at radius 2 is 1.56 bits per heavy atom. The molecule has 0 amide bonds. The molecule has 134 valence electrons. The van der Waals surface area contributed by atoms with Gasteiger partial charge in [0.1, 0.15) is 12.4 Å². The Hall–Kier alpha value is -3.11. The van der Waals surface area contributed by atoms with Crippen LogP contribution in [0.15, 0.2) is 78.9 Å². The van der Waals surface area contributed by atoms with Crippen LogP contribution >= 0.6 is 11.6 Å². The van der Waals surface area contributed by atoms with E-state index in [1.165, 1.54) is 5.56 Å². The van der Waals surface area contributed by atoms with E-state index >= 15 is 0 Å². The number of hydrogen-bond acceptors (Lipinski definition) is 3. The smallest absolute Gasteiger partial charge is 0.175 e. The van der Waals surface area contributed by atoms with E-state index in [0.717, 1.165) is 28.6 Å². The molecule has 4 nitrogen and oxygen atoms in total. The quantitative estimate of drug-likeness (QED) is 0.464. The Morgan fingerprint density at radius 1 is 0.852 bits per heavy atom. The molecule has 5 heteroatoms. The van der Waals surface area contributed by atoms with E-state index in [4.69, 9.17) is 16.3 Å². The normalized spacial score (nSPS) is 10.7. The molecule has 0 saturated heterocycles. The van der Waals surface area contributed by atoms with Gasteiger partial charge in [-0.3, -0.25) is 4.57 Å². The first-order valence-corrected chi connectivity index (χ1v) is 9.03. The summed E-state index contributed by atoms with van der Waals surface area (Å²) in [7, 11) is 0. The molecule has 4 rings (SSSR count). The fourth-order valence-corrected chi connectivity index (χ4v) is 2.95. The first-order chi connectivity index (χ1) is 13.2. The minimum Gasteiger partial charge on any atom is -0.486 e. The van der Waals surface area contributed by atoms with Gasteiger partial charge in [-0.2, -0.15) is 0 Å². The molecular formula is C22H18ClN3O. The molecule has 0 unspecified atom stereocenters. The van der Waals surface area contributed by atoms with Gasteiger partial charge in [-0.05, 0) is 55.5 Å². The van der Waals surface area contributed by atoms with Crippen LogP contribution in [0.4, 0.5) is 0 Å². The molecule has 27 heavy (non-hydrogen) atoms. The molecule has 3 aromatic carbocycles. The minimum atomic E-state index is 0.318. The summed E-state index contributed by atoms with van der Waals surface area (Å²) < 4.78 is 7.92. The summed E-state index contributed by atoms with van der Waals surface area (Å²) in [6.45, 7) is 2.38. The molecule has 0 aliphatic rings. The lowest BCUT2D eigenvalue weighted by Crippen LogP contribution is -2.07. The van der Waals surface area contributed by atoms with Crippen LogP contribution in [-0.2, 0) is 6.61 Å². The van der Waals surface area contributed by atoms with E-state index < -0.39 is 0 Å². The SMILES string of the molecule is Cc1ccc(-n2c(COc3ccccc3)nnc2-c2ccc(Cl)cc2)cc1. The lowest BCUT2D eigenvalue weighted by atomic mass is 10.2. The van der Waals surface area contributed by atoms with E-state index in [1.807, 2.05) is 59.2 Å². The Kier molecular flexibility index (Phi) is 4.90. The first-order valence-electron chi connectivity index (χ1n) is 8.66. The fraction of sp³-hybridized carbons (Fsp3) is 0.0909. The average molecular weight is 376 g/mol. The minimum absolute atomic E-state index is 0.318. The number of benzene rings is 3. The predicted molar refractivity (Wildman–Crippen MR) is 107 cm³/mol. The summed E-state index contributed by atoms with van der Waals surface area (Å²) in [5.74, 6) is 2.28. The highest BCUT2D eigenvalue weighted by atomic mass is 35.5. The van der Waals surface area contributed by atoms with Crippen molar-refractivity contribution in [3.05, 3.63) is 95.3 Å². The van der Waals surface area contributed by atoms with Crippen LogP contribution in [0.5, 0.6) is 5.75 Å². The Morgan fingerprint density at radius 3 is 2.26 bits per heavy atom. The zero-order valence-corrected chi connectivity index (χ0v) is 15.6. The molecule has 1 heterocycles. The third kappa shape index (κ3) is 3.86. The molecular weight excluding hydrogens is 358 g/mol. The highest BCUT2D eigenvalue weighted by Crippen LogP contribution is 2.25. The van der Waals surface area contributed by atoms with E-state index in [1.54, 1.807) is 0 Å². The van der Waals surface area contributed by atoms with Crippen LogP contribution in [0.1, 0.15) is 11.4 Å². The monoisotopic (exact) mass is 375 g/mol. The van der Waals surface area contributed by atoms with Crippen LogP contribution < -0.4 is 4.74 Å². The van der Waals surface area contributed by atoms with Gasteiger partial charge in [0, 0.05) is 16.3 Å². The number of hydrogen-bond donors (Lipinski definition) is 0. The highest BCUT2D eigenvalue weighted by molar-refractivity contribution is 6.30. The second-order valence-electron chi connectivity index (χ2n) is 6.22. The molecule has 0 bridgehead atoms. The standard InChI is InChI=1S/C22H18ClN3O/c1-16-7-13-19(14-8-16)26-21(15-27-20-5-3-2-4-6-20)24-25-22(26)17-9-11-18(23)12-10-17/h2-14H,15H2,1H3. The number of halogens is 1. The summed E-state index contributed by atoms with van der Waals surface area (Å²) in [5, 5.41) is 9.49. The number of nitrogens with zero attached hydrogens (tertiary/aromatic N) is 3. The first kappa shape index (κ1) is 17.3. The van der Waals surface area contributed by atoms with Crippen LogP contribution in [0.3, 0.4) is 0 Å². The van der Waals surface area contributed by atoms with Gasteiger partial charge in [0.25, 0.3) is 0 Å². The summed E-state index contributed by atoms with van der Waals surface area (Å²) in [4.78, 5) is 0. The van der Waals surface area contributed by atoms with Gasteiger partial charge < -0.3 is 4.74 Å².